The number of carboxylic acid groups (broad SMARTS) is 1. The molecule has 70 valence electrons. The SMILES string of the molecule is NC(=O)[C@H]1[C@H](C(=O)O)[C@H]2C=C[C@H]1C2. The van der Waals surface area contributed by atoms with Crippen LogP contribution in [0.3, 0.4) is 0 Å². The molecule has 2 aliphatic carbocycles. The number of nitrogens with two attached hydrogens (primary N) is 1. The summed E-state index contributed by atoms with van der Waals surface area (Å²) in [6.07, 6.45) is 4.58. The van der Waals surface area contributed by atoms with Crippen LogP contribution < -0.4 is 5.73 Å². The second-order valence-corrected chi connectivity index (χ2v) is 3.74. The highest BCUT2D eigenvalue weighted by atomic mass is 16.4. The summed E-state index contributed by atoms with van der Waals surface area (Å²) in [5.41, 5.74) is 5.18. The van der Waals surface area contributed by atoms with Crippen molar-refractivity contribution in [1.29, 1.82) is 0 Å². The summed E-state index contributed by atoms with van der Waals surface area (Å²) in [5, 5.41) is 8.91. The Morgan fingerprint density at radius 2 is 1.77 bits per heavy atom. The van der Waals surface area contributed by atoms with E-state index in [9.17, 15) is 9.59 Å². The molecule has 0 heterocycles. The van der Waals surface area contributed by atoms with Crippen molar-refractivity contribution in [3.05, 3.63) is 12.2 Å². The Morgan fingerprint density at radius 1 is 1.23 bits per heavy atom. The average molecular weight is 181 g/mol. The molecule has 0 aliphatic heterocycles. The average Bonchev–Trinajstić information content (AvgIpc) is 2.60. The first-order valence-electron chi connectivity index (χ1n) is 4.31. The van der Waals surface area contributed by atoms with Gasteiger partial charge in [-0.2, -0.15) is 0 Å². The van der Waals surface area contributed by atoms with Crippen LogP contribution in [-0.4, -0.2) is 17.0 Å². The van der Waals surface area contributed by atoms with Gasteiger partial charge in [0.15, 0.2) is 0 Å². The van der Waals surface area contributed by atoms with Gasteiger partial charge in [-0.3, -0.25) is 9.59 Å². The van der Waals surface area contributed by atoms with E-state index < -0.39 is 23.7 Å². The maximum absolute atomic E-state index is 11.0. The quantitative estimate of drug-likeness (QED) is 0.588. The Balaban J connectivity index is 2.30. The molecule has 0 aromatic heterocycles. The molecule has 2 bridgehead atoms. The number of carbonyl (C=O) groups excluding carboxylic acids is 1. The van der Waals surface area contributed by atoms with Gasteiger partial charge in [0.1, 0.15) is 0 Å². The molecular weight excluding hydrogens is 170 g/mol. The molecule has 4 atom stereocenters. The Hall–Kier alpha value is -1.32. The third kappa shape index (κ3) is 1.05. The zero-order chi connectivity index (χ0) is 9.59. The Bertz CT molecular complexity index is 269. The molecule has 1 fully saturated rings. The van der Waals surface area contributed by atoms with Crippen molar-refractivity contribution in [3.8, 4) is 0 Å². The van der Waals surface area contributed by atoms with Crippen molar-refractivity contribution in [3.63, 3.8) is 0 Å². The minimum absolute atomic E-state index is 0.0139. The largest absolute Gasteiger partial charge is 0.481 e. The topological polar surface area (TPSA) is 80.4 Å². The van der Waals surface area contributed by atoms with Crippen LogP contribution >= 0.6 is 0 Å². The van der Waals surface area contributed by atoms with Gasteiger partial charge < -0.3 is 10.8 Å². The van der Waals surface area contributed by atoms with E-state index in [1.165, 1.54) is 0 Å². The summed E-state index contributed by atoms with van der Waals surface area (Å²) < 4.78 is 0. The first-order chi connectivity index (χ1) is 6.11. The summed E-state index contributed by atoms with van der Waals surface area (Å²) in [6.45, 7) is 0. The molecule has 1 amide bonds. The molecule has 0 saturated heterocycles. The molecule has 3 N–H and O–H groups in total. The highest BCUT2D eigenvalue weighted by molar-refractivity contribution is 5.85. The van der Waals surface area contributed by atoms with Crippen molar-refractivity contribution >= 4 is 11.9 Å². The van der Waals surface area contributed by atoms with Gasteiger partial charge in [0.25, 0.3) is 0 Å². The molecule has 0 aromatic carbocycles. The van der Waals surface area contributed by atoms with E-state index in [0.717, 1.165) is 6.42 Å². The van der Waals surface area contributed by atoms with E-state index >= 15 is 0 Å². The van der Waals surface area contributed by atoms with Crippen LogP contribution in [0, 0.1) is 23.7 Å². The number of fused-ring (bicyclic) bond motifs is 2. The van der Waals surface area contributed by atoms with Gasteiger partial charge in [0.05, 0.1) is 11.8 Å². The Kier molecular flexibility index (Phi) is 1.65. The first kappa shape index (κ1) is 8.29. The van der Waals surface area contributed by atoms with Crippen molar-refractivity contribution < 1.29 is 14.7 Å². The number of amides is 1. The molecule has 0 spiro atoms. The predicted octanol–water partition coefficient (Wildman–Crippen LogP) is -0.00540. The van der Waals surface area contributed by atoms with Crippen molar-refractivity contribution in [2.24, 2.45) is 29.4 Å². The Labute approximate surface area is 75.4 Å². The van der Waals surface area contributed by atoms with Gasteiger partial charge >= 0.3 is 5.97 Å². The fraction of sp³-hybridized carbons (Fsp3) is 0.556. The van der Waals surface area contributed by atoms with Crippen molar-refractivity contribution in [1.82, 2.24) is 0 Å². The van der Waals surface area contributed by atoms with E-state index in [4.69, 9.17) is 10.8 Å². The molecule has 4 heteroatoms. The van der Waals surface area contributed by atoms with E-state index in [1.54, 1.807) is 0 Å². The first-order valence-corrected chi connectivity index (χ1v) is 4.31. The van der Waals surface area contributed by atoms with Crippen molar-refractivity contribution in [2.45, 2.75) is 6.42 Å². The normalized spacial score (nSPS) is 40.9. The fourth-order valence-electron chi connectivity index (χ4n) is 2.55. The monoisotopic (exact) mass is 181 g/mol. The lowest BCUT2D eigenvalue weighted by Gasteiger charge is -2.21. The Morgan fingerprint density at radius 3 is 2.15 bits per heavy atom. The molecule has 0 radical (unpaired) electrons. The van der Waals surface area contributed by atoms with Gasteiger partial charge in [0.2, 0.25) is 5.91 Å². The summed E-state index contributed by atoms with van der Waals surface area (Å²) >= 11 is 0. The van der Waals surface area contributed by atoms with Crippen LogP contribution in [0.5, 0.6) is 0 Å². The maximum atomic E-state index is 11.0. The lowest BCUT2D eigenvalue weighted by molar-refractivity contribution is -0.147. The van der Waals surface area contributed by atoms with Gasteiger partial charge in [-0.05, 0) is 18.3 Å². The van der Waals surface area contributed by atoms with E-state index in [0.29, 0.717) is 0 Å². The number of allylic oxidation sites excluding steroid dienone is 2. The van der Waals surface area contributed by atoms with Gasteiger partial charge in [-0.25, -0.2) is 0 Å². The van der Waals surface area contributed by atoms with Crippen LogP contribution in [0.2, 0.25) is 0 Å². The predicted molar refractivity (Wildman–Crippen MR) is 44.5 cm³/mol. The number of carboxylic acids is 1. The van der Waals surface area contributed by atoms with Gasteiger partial charge in [-0.1, -0.05) is 12.2 Å². The number of hydrogen-bond donors (Lipinski definition) is 2. The van der Waals surface area contributed by atoms with Crippen LogP contribution in [0.15, 0.2) is 12.2 Å². The molecule has 0 aromatic rings. The standard InChI is InChI=1S/C9H11NO3/c10-8(11)6-4-1-2-5(3-4)7(6)9(12)13/h1-2,4-7H,3H2,(H2,10,11)(H,12,13)/t4-,5-,6+,7+/m0/s1. The van der Waals surface area contributed by atoms with Crippen molar-refractivity contribution in [2.75, 3.05) is 0 Å². The molecule has 2 aliphatic rings. The summed E-state index contributed by atoms with van der Waals surface area (Å²) in [7, 11) is 0. The molecule has 2 rings (SSSR count). The summed E-state index contributed by atoms with van der Waals surface area (Å²) in [6, 6.07) is 0. The minimum atomic E-state index is -0.902. The minimum Gasteiger partial charge on any atom is -0.481 e. The van der Waals surface area contributed by atoms with Crippen LogP contribution in [0.25, 0.3) is 0 Å². The highest BCUT2D eigenvalue weighted by Gasteiger charge is 2.50. The van der Waals surface area contributed by atoms with Gasteiger partial charge in [0, 0.05) is 0 Å². The number of aliphatic carboxylic acids is 1. The molecule has 0 unspecified atom stereocenters. The second-order valence-electron chi connectivity index (χ2n) is 3.74. The third-order valence-electron chi connectivity index (χ3n) is 3.07. The van der Waals surface area contributed by atoms with Crippen LogP contribution in [0.4, 0.5) is 0 Å². The molecule has 1 saturated carbocycles. The smallest absolute Gasteiger partial charge is 0.307 e. The third-order valence-corrected chi connectivity index (χ3v) is 3.07. The summed E-state index contributed by atoms with van der Waals surface area (Å²) in [5.74, 6) is -2.39. The number of primary amides is 1. The van der Waals surface area contributed by atoms with Gasteiger partial charge in [-0.15, -0.1) is 0 Å². The summed E-state index contributed by atoms with van der Waals surface area (Å²) in [4.78, 5) is 21.9. The fourth-order valence-corrected chi connectivity index (χ4v) is 2.55. The molecule has 13 heavy (non-hydrogen) atoms. The number of carbonyl (C=O) groups is 2. The lowest BCUT2D eigenvalue weighted by Crippen LogP contribution is -2.36. The van der Waals surface area contributed by atoms with E-state index in [-0.39, 0.29) is 11.8 Å². The zero-order valence-corrected chi connectivity index (χ0v) is 7.01. The van der Waals surface area contributed by atoms with Crippen LogP contribution in [-0.2, 0) is 9.59 Å². The van der Waals surface area contributed by atoms with E-state index in [1.807, 2.05) is 12.2 Å². The van der Waals surface area contributed by atoms with E-state index in [2.05, 4.69) is 0 Å². The second kappa shape index (κ2) is 2.58. The zero-order valence-electron chi connectivity index (χ0n) is 7.01. The number of hydrogen-bond acceptors (Lipinski definition) is 2. The van der Waals surface area contributed by atoms with Crippen LogP contribution in [0.1, 0.15) is 6.42 Å². The molecular formula is C9H11NO3. The lowest BCUT2D eigenvalue weighted by atomic mass is 9.83. The molecule has 4 nitrogen and oxygen atoms in total. The highest BCUT2D eigenvalue weighted by Crippen LogP contribution is 2.47. The maximum Gasteiger partial charge on any atom is 0.307 e. The number of rotatable bonds is 2.